The van der Waals surface area contributed by atoms with Gasteiger partial charge in [-0.05, 0) is 26.3 Å². The number of carbonyl (C=O) groups is 1. The lowest BCUT2D eigenvalue weighted by molar-refractivity contribution is -0.135. The Morgan fingerprint density at radius 3 is 2.94 bits per heavy atom. The van der Waals surface area contributed by atoms with Crippen molar-refractivity contribution in [2.24, 2.45) is 0 Å². The van der Waals surface area contributed by atoms with Crippen LogP contribution in [0.2, 0.25) is 0 Å². The molecule has 1 amide bonds. The summed E-state index contributed by atoms with van der Waals surface area (Å²) in [6.45, 7) is 8.78. The van der Waals surface area contributed by atoms with E-state index < -0.39 is 0 Å². The van der Waals surface area contributed by atoms with Crippen LogP contribution in [-0.2, 0) is 4.79 Å². The predicted octanol–water partition coefficient (Wildman–Crippen LogP) is 1.92. The van der Waals surface area contributed by atoms with Crippen molar-refractivity contribution in [1.82, 2.24) is 10.2 Å². The highest BCUT2D eigenvalue weighted by molar-refractivity contribution is 5.83. The van der Waals surface area contributed by atoms with E-state index in [1.807, 2.05) is 24.0 Å². The van der Waals surface area contributed by atoms with Crippen LogP contribution in [0.1, 0.15) is 30.9 Å². The summed E-state index contributed by atoms with van der Waals surface area (Å²) in [6.07, 6.45) is 0. The van der Waals surface area contributed by atoms with E-state index in [1.54, 1.807) is 0 Å². The monoisotopic (exact) mass is 246 g/mol. The van der Waals surface area contributed by atoms with Crippen molar-refractivity contribution in [3.05, 3.63) is 35.4 Å². The number of hydrogen-bond acceptors (Lipinski definition) is 2. The van der Waals surface area contributed by atoms with E-state index in [2.05, 4.69) is 31.3 Å². The van der Waals surface area contributed by atoms with E-state index in [4.69, 9.17) is 0 Å². The summed E-state index contributed by atoms with van der Waals surface area (Å²) in [6, 6.07) is 8.53. The maximum atomic E-state index is 12.5. The summed E-state index contributed by atoms with van der Waals surface area (Å²) in [5.41, 5.74) is 2.33. The molecule has 98 valence electrons. The summed E-state index contributed by atoms with van der Waals surface area (Å²) in [5, 5.41) is 3.31. The van der Waals surface area contributed by atoms with Gasteiger partial charge in [-0.15, -0.1) is 0 Å². The summed E-state index contributed by atoms with van der Waals surface area (Å²) in [5.74, 6) is 0.194. The minimum absolute atomic E-state index is 0.0505. The first-order valence-corrected chi connectivity index (χ1v) is 6.67. The molecule has 1 heterocycles. The molecule has 1 unspecified atom stereocenters. The maximum absolute atomic E-state index is 12.5. The number of nitrogens with one attached hydrogen (secondary N) is 1. The van der Waals surface area contributed by atoms with Gasteiger partial charge in [0.25, 0.3) is 0 Å². The van der Waals surface area contributed by atoms with Gasteiger partial charge in [-0.25, -0.2) is 0 Å². The van der Waals surface area contributed by atoms with E-state index in [0.29, 0.717) is 6.04 Å². The van der Waals surface area contributed by atoms with Crippen molar-refractivity contribution >= 4 is 5.91 Å². The zero-order valence-electron chi connectivity index (χ0n) is 11.4. The summed E-state index contributed by atoms with van der Waals surface area (Å²) in [7, 11) is 0. The predicted molar refractivity (Wildman–Crippen MR) is 73.6 cm³/mol. The van der Waals surface area contributed by atoms with Gasteiger partial charge in [-0.3, -0.25) is 4.79 Å². The van der Waals surface area contributed by atoms with Crippen LogP contribution in [0.5, 0.6) is 0 Å². The van der Waals surface area contributed by atoms with Gasteiger partial charge in [0, 0.05) is 25.7 Å². The standard InChI is InChI=1S/C15H22N2O/c1-11-5-4-6-14(9-11)13(3)15(18)17-8-7-16-10-12(17)2/h4-6,9,12-13,16H,7-8,10H2,1-3H3/t12-,13?/m1/s1. The van der Waals surface area contributed by atoms with Crippen LogP contribution in [0, 0.1) is 6.92 Å². The van der Waals surface area contributed by atoms with Gasteiger partial charge in [-0.1, -0.05) is 29.8 Å². The molecule has 0 aliphatic carbocycles. The molecule has 2 atom stereocenters. The van der Waals surface area contributed by atoms with Crippen LogP contribution >= 0.6 is 0 Å². The van der Waals surface area contributed by atoms with Crippen LogP contribution in [0.4, 0.5) is 0 Å². The summed E-state index contributed by atoms with van der Waals surface area (Å²) in [4.78, 5) is 14.5. The number of rotatable bonds is 2. The average molecular weight is 246 g/mol. The zero-order valence-corrected chi connectivity index (χ0v) is 11.4. The van der Waals surface area contributed by atoms with Crippen LogP contribution in [0.25, 0.3) is 0 Å². The van der Waals surface area contributed by atoms with E-state index in [9.17, 15) is 4.79 Å². The zero-order chi connectivity index (χ0) is 13.1. The molecular weight excluding hydrogens is 224 g/mol. The van der Waals surface area contributed by atoms with E-state index in [0.717, 1.165) is 25.2 Å². The molecule has 18 heavy (non-hydrogen) atoms. The largest absolute Gasteiger partial charge is 0.337 e. The first kappa shape index (κ1) is 13.1. The number of hydrogen-bond donors (Lipinski definition) is 1. The fraction of sp³-hybridized carbons (Fsp3) is 0.533. The van der Waals surface area contributed by atoms with Crippen molar-refractivity contribution in [2.75, 3.05) is 19.6 Å². The molecule has 0 bridgehead atoms. The van der Waals surface area contributed by atoms with Crippen molar-refractivity contribution in [3.63, 3.8) is 0 Å². The number of piperazine rings is 1. The molecule has 2 rings (SSSR count). The molecule has 0 aromatic heterocycles. The second kappa shape index (κ2) is 5.53. The van der Waals surface area contributed by atoms with Crippen LogP contribution < -0.4 is 5.32 Å². The molecule has 1 N–H and O–H groups in total. The molecule has 1 aromatic rings. The smallest absolute Gasteiger partial charge is 0.230 e. The second-order valence-electron chi connectivity index (χ2n) is 5.22. The Hall–Kier alpha value is -1.35. The SMILES string of the molecule is Cc1cccc(C(C)C(=O)N2CCNC[C@H]2C)c1. The molecule has 0 saturated carbocycles. The number of benzene rings is 1. The number of amides is 1. The highest BCUT2D eigenvalue weighted by atomic mass is 16.2. The number of aryl methyl sites for hydroxylation is 1. The Bertz CT molecular complexity index is 430. The molecule has 1 saturated heterocycles. The topological polar surface area (TPSA) is 32.3 Å². The van der Waals surface area contributed by atoms with Crippen molar-refractivity contribution in [2.45, 2.75) is 32.7 Å². The lowest BCUT2D eigenvalue weighted by atomic mass is 9.97. The molecule has 3 nitrogen and oxygen atoms in total. The average Bonchev–Trinajstić information content (AvgIpc) is 2.37. The van der Waals surface area contributed by atoms with Gasteiger partial charge in [0.1, 0.15) is 0 Å². The third-order valence-corrected chi connectivity index (χ3v) is 3.70. The van der Waals surface area contributed by atoms with Gasteiger partial charge >= 0.3 is 0 Å². The summed E-state index contributed by atoms with van der Waals surface area (Å²) < 4.78 is 0. The molecule has 1 aliphatic rings. The molecule has 1 aromatic carbocycles. The first-order chi connectivity index (χ1) is 8.59. The molecule has 0 radical (unpaired) electrons. The highest BCUT2D eigenvalue weighted by Crippen LogP contribution is 2.20. The summed E-state index contributed by atoms with van der Waals surface area (Å²) >= 11 is 0. The second-order valence-corrected chi connectivity index (χ2v) is 5.22. The molecule has 1 fully saturated rings. The third kappa shape index (κ3) is 2.72. The first-order valence-electron chi connectivity index (χ1n) is 6.67. The van der Waals surface area contributed by atoms with Crippen LogP contribution in [-0.4, -0.2) is 36.5 Å². The highest BCUT2D eigenvalue weighted by Gasteiger charge is 2.27. The van der Waals surface area contributed by atoms with E-state index in [-0.39, 0.29) is 11.8 Å². The third-order valence-electron chi connectivity index (χ3n) is 3.70. The molecule has 3 heteroatoms. The Kier molecular flexibility index (Phi) is 4.02. The maximum Gasteiger partial charge on any atom is 0.230 e. The molecule has 0 spiro atoms. The Balaban J connectivity index is 2.13. The van der Waals surface area contributed by atoms with Crippen molar-refractivity contribution in [1.29, 1.82) is 0 Å². The van der Waals surface area contributed by atoms with Gasteiger partial charge < -0.3 is 10.2 Å². The Labute approximate surface area is 109 Å². The Morgan fingerprint density at radius 1 is 1.50 bits per heavy atom. The quantitative estimate of drug-likeness (QED) is 0.864. The molecule has 1 aliphatic heterocycles. The lowest BCUT2D eigenvalue weighted by Gasteiger charge is -2.35. The molecular formula is C15H22N2O. The number of carbonyl (C=O) groups excluding carboxylic acids is 1. The number of nitrogens with zero attached hydrogens (tertiary/aromatic N) is 1. The fourth-order valence-corrected chi connectivity index (χ4v) is 2.50. The normalized spacial score (nSPS) is 21.7. The lowest BCUT2D eigenvalue weighted by Crippen LogP contribution is -2.53. The van der Waals surface area contributed by atoms with E-state index in [1.165, 1.54) is 5.56 Å². The van der Waals surface area contributed by atoms with Crippen molar-refractivity contribution < 1.29 is 4.79 Å². The van der Waals surface area contributed by atoms with Gasteiger partial charge in [0.15, 0.2) is 0 Å². The van der Waals surface area contributed by atoms with Crippen LogP contribution in [0.3, 0.4) is 0 Å². The van der Waals surface area contributed by atoms with Gasteiger partial charge in [0.05, 0.1) is 5.92 Å². The van der Waals surface area contributed by atoms with E-state index >= 15 is 0 Å². The fourth-order valence-electron chi connectivity index (χ4n) is 2.50. The van der Waals surface area contributed by atoms with Gasteiger partial charge in [-0.2, -0.15) is 0 Å². The Morgan fingerprint density at radius 2 is 2.28 bits per heavy atom. The van der Waals surface area contributed by atoms with Crippen molar-refractivity contribution in [3.8, 4) is 0 Å². The minimum Gasteiger partial charge on any atom is -0.337 e. The van der Waals surface area contributed by atoms with Crippen LogP contribution in [0.15, 0.2) is 24.3 Å². The van der Waals surface area contributed by atoms with Gasteiger partial charge in [0.2, 0.25) is 5.91 Å². The minimum atomic E-state index is -0.0505.